The molecular formula is C11H10N4OS2. The summed E-state index contributed by atoms with van der Waals surface area (Å²) in [4.78, 5) is 15.3. The Morgan fingerprint density at radius 1 is 1.56 bits per heavy atom. The SMILES string of the molecule is Cn1cc(Cn2c(=S)[nH]c3ccsc3c2=O)cn1. The van der Waals surface area contributed by atoms with Crippen LogP contribution in [0.25, 0.3) is 10.2 Å². The van der Waals surface area contributed by atoms with Crippen LogP contribution in [-0.2, 0) is 13.6 Å². The second-order valence-electron chi connectivity index (χ2n) is 4.01. The fraction of sp³-hybridized carbons (Fsp3) is 0.182. The van der Waals surface area contributed by atoms with Gasteiger partial charge in [-0.05, 0) is 23.7 Å². The van der Waals surface area contributed by atoms with E-state index in [2.05, 4.69) is 10.1 Å². The smallest absolute Gasteiger partial charge is 0.272 e. The number of aromatic amines is 1. The minimum Gasteiger partial charge on any atom is -0.331 e. The molecule has 0 radical (unpaired) electrons. The summed E-state index contributed by atoms with van der Waals surface area (Å²) in [5, 5.41) is 5.96. The van der Waals surface area contributed by atoms with Gasteiger partial charge < -0.3 is 4.98 Å². The van der Waals surface area contributed by atoms with Crippen LogP contribution in [0.3, 0.4) is 0 Å². The molecule has 0 atom stereocenters. The maximum atomic E-state index is 12.3. The van der Waals surface area contributed by atoms with E-state index in [0.29, 0.717) is 16.0 Å². The van der Waals surface area contributed by atoms with Crippen molar-refractivity contribution in [2.45, 2.75) is 6.54 Å². The molecule has 0 unspecified atom stereocenters. The van der Waals surface area contributed by atoms with Gasteiger partial charge in [0.25, 0.3) is 5.56 Å². The van der Waals surface area contributed by atoms with Crippen LogP contribution in [0.15, 0.2) is 28.6 Å². The van der Waals surface area contributed by atoms with Gasteiger partial charge in [-0.2, -0.15) is 5.10 Å². The normalized spacial score (nSPS) is 11.2. The van der Waals surface area contributed by atoms with E-state index in [1.807, 2.05) is 24.7 Å². The summed E-state index contributed by atoms with van der Waals surface area (Å²) in [6.07, 6.45) is 3.61. The lowest BCUT2D eigenvalue weighted by Crippen LogP contribution is -2.21. The van der Waals surface area contributed by atoms with Gasteiger partial charge in [-0.15, -0.1) is 11.3 Å². The maximum absolute atomic E-state index is 12.3. The Morgan fingerprint density at radius 2 is 2.39 bits per heavy atom. The molecule has 5 nitrogen and oxygen atoms in total. The zero-order valence-corrected chi connectivity index (χ0v) is 11.2. The Hall–Kier alpha value is -1.73. The quantitative estimate of drug-likeness (QED) is 0.728. The van der Waals surface area contributed by atoms with E-state index >= 15 is 0 Å². The summed E-state index contributed by atoms with van der Waals surface area (Å²) in [5.41, 5.74) is 1.71. The standard InChI is InChI=1S/C11H10N4OS2/c1-14-5-7(4-12-14)6-15-10(16)9-8(2-3-18-9)13-11(15)17/h2-5H,6H2,1H3,(H,13,17). The van der Waals surface area contributed by atoms with Gasteiger partial charge in [0.2, 0.25) is 0 Å². The van der Waals surface area contributed by atoms with Gasteiger partial charge in [-0.25, -0.2) is 0 Å². The van der Waals surface area contributed by atoms with Gasteiger partial charge >= 0.3 is 0 Å². The minimum absolute atomic E-state index is 0.0485. The molecule has 0 aliphatic heterocycles. The first-order chi connectivity index (χ1) is 8.65. The molecule has 0 fully saturated rings. The highest BCUT2D eigenvalue weighted by atomic mass is 32.1. The lowest BCUT2D eigenvalue weighted by molar-refractivity contribution is 0.731. The van der Waals surface area contributed by atoms with E-state index in [9.17, 15) is 4.79 Å². The number of H-pyrrole nitrogens is 1. The molecule has 3 heterocycles. The molecule has 3 aromatic rings. The van der Waals surface area contributed by atoms with Crippen LogP contribution in [0.5, 0.6) is 0 Å². The number of hydrogen-bond acceptors (Lipinski definition) is 4. The second kappa shape index (κ2) is 4.18. The van der Waals surface area contributed by atoms with Gasteiger partial charge in [-0.1, -0.05) is 0 Å². The third kappa shape index (κ3) is 1.81. The largest absolute Gasteiger partial charge is 0.331 e. The Kier molecular flexibility index (Phi) is 2.64. The van der Waals surface area contributed by atoms with Gasteiger partial charge in [0.15, 0.2) is 4.77 Å². The van der Waals surface area contributed by atoms with Crippen LogP contribution >= 0.6 is 23.6 Å². The van der Waals surface area contributed by atoms with Crippen LogP contribution in [0.4, 0.5) is 0 Å². The summed E-state index contributed by atoms with van der Waals surface area (Å²) in [6, 6.07) is 1.87. The highest BCUT2D eigenvalue weighted by Crippen LogP contribution is 2.14. The fourth-order valence-corrected chi connectivity index (χ4v) is 2.91. The van der Waals surface area contributed by atoms with Crippen molar-refractivity contribution in [2.75, 3.05) is 0 Å². The molecule has 18 heavy (non-hydrogen) atoms. The molecule has 0 aliphatic rings. The Labute approximate surface area is 111 Å². The van der Waals surface area contributed by atoms with Crippen molar-refractivity contribution in [1.29, 1.82) is 0 Å². The van der Waals surface area contributed by atoms with Crippen molar-refractivity contribution in [3.05, 3.63) is 44.5 Å². The number of nitrogens with zero attached hydrogens (tertiary/aromatic N) is 3. The van der Waals surface area contributed by atoms with E-state index in [1.54, 1.807) is 15.4 Å². The lowest BCUT2D eigenvalue weighted by atomic mass is 10.3. The van der Waals surface area contributed by atoms with E-state index in [4.69, 9.17) is 12.2 Å². The first-order valence-electron chi connectivity index (χ1n) is 5.33. The molecule has 7 heteroatoms. The van der Waals surface area contributed by atoms with Crippen molar-refractivity contribution < 1.29 is 0 Å². The van der Waals surface area contributed by atoms with Crippen LogP contribution in [0, 0.1) is 4.77 Å². The van der Waals surface area contributed by atoms with Gasteiger partial charge in [-0.3, -0.25) is 14.0 Å². The first kappa shape index (κ1) is 11.4. The average Bonchev–Trinajstić information content (AvgIpc) is 2.93. The molecule has 92 valence electrons. The summed E-state index contributed by atoms with van der Waals surface area (Å²) in [6.45, 7) is 0.440. The predicted octanol–water partition coefficient (Wildman–Crippen LogP) is 1.90. The van der Waals surface area contributed by atoms with Crippen molar-refractivity contribution in [2.24, 2.45) is 7.05 Å². The molecule has 0 saturated carbocycles. The van der Waals surface area contributed by atoms with E-state index in [-0.39, 0.29) is 5.56 Å². The Bertz CT molecular complexity index is 823. The monoisotopic (exact) mass is 278 g/mol. The number of fused-ring (bicyclic) bond motifs is 1. The Morgan fingerprint density at radius 3 is 3.11 bits per heavy atom. The molecule has 0 amide bonds. The Balaban J connectivity index is 2.17. The zero-order valence-electron chi connectivity index (χ0n) is 9.58. The summed E-state index contributed by atoms with van der Waals surface area (Å²) in [5.74, 6) is 0. The van der Waals surface area contributed by atoms with Gasteiger partial charge in [0, 0.05) is 18.8 Å². The second-order valence-corrected chi connectivity index (χ2v) is 5.31. The number of thiophene rings is 1. The molecule has 0 bridgehead atoms. The van der Waals surface area contributed by atoms with Gasteiger partial charge in [0.1, 0.15) is 4.70 Å². The predicted molar refractivity (Wildman–Crippen MR) is 73.6 cm³/mol. The van der Waals surface area contributed by atoms with Crippen LogP contribution in [0.2, 0.25) is 0 Å². The van der Waals surface area contributed by atoms with Crippen molar-refractivity contribution in [1.82, 2.24) is 19.3 Å². The number of aryl methyl sites for hydroxylation is 1. The number of hydrogen-bond donors (Lipinski definition) is 1. The lowest BCUT2D eigenvalue weighted by Gasteiger charge is -2.04. The molecule has 3 aromatic heterocycles. The maximum Gasteiger partial charge on any atom is 0.272 e. The number of nitrogens with one attached hydrogen (secondary N) is 1. The molecule has 0 aliphatic carbocycles. The zero-order chi connectivity index (χ0) is 12.7. The van der Waals surface area contributed by atoms with E-state index in [1.165, 1.54) is 11.3 Å². The fourth-order valence-electron chi connectivity index (χ4n) is 1.85. The van der Waals surface area contributed by atoms with Crippen molar-refractivity contribution >= 4 is 33.8 Å². The third-order valence-corrected chi connectivity index (χ3v) is 3.92. The molecule has 1 N–H and O–H groups in total. The summed E-state index contributed by atoms with van der Waals surface area (Å²) in [7, 11) is 1.84. The highest BCUT2D eigenvalue weighted by Gasteiger charge is 2.07. The van der Waals surface area contributed by atoms with Crippen molar-refractivity contribution in [3.8, 4) is 0 Å². The average molecular weight is 278 g/mol. The van der Waals surface area contributed by atoms with E-state index in [0.717, 1.165) is 11.1 Å². The minimum atomic E-state index is -0.0485. The topological polar surface area (TPSA) is 55.6 Å². The first-order valence-corrected chi connectivity index (χ1v) is 6.62. The molecular weight excluding hydrogens is 268 g/mol. The third-order valence-electron chi connectivity index (χ3n) is 2.69. The highest BCUT2D eigenvalue weighted by molar-refractivity contribution is 7.71. The summed E-state index contributed by atoms with van der Waals surface area (Å²) >= 11 is 6.64. The number of rotatable bonds is 2. The molecule has 3 rings (SSSR count). The van der Waals surface area contributed by atoms with Gasteiger partial charge in [0.05, 0.1) is 18.3 Å². The molecule has 0 spiro atoms. The van der Waals surface area contributed by atoms with Crippen LogP contribution in [-0.4, -0.2) is 19.3 Å². The van der Waals surface area contributed by atoms with Crippen molar-refractivity contribution in [3.63, 3.8) is 0 Å². The number of aromatic nitrogens is 4. The van der Waals surface area contributed by atoms with Crippen LogP contribution in [0.1, 0.15) is 5.56 Å². The molecule has 0 aromatic carbocycles. The molecule has 0 saturated heterocycles. The summed E-state index contributed by atoms with van der Waals surface area (Å²) < 4.78 is 4.41. The van der Waals surface area contributed by atoms with E-state index < -0.39 is 0 Å². The van der Waals surface area contributed by atoms with Crippen LogP contribution < -0.4 is 5.56 Å².